The molecule has 0 saturated carbocycles. The lowest BCUT2D eigenvalue weighted by Crippen LogP contribution is -2.57. The van der Waals surface area contributed by atoms with Crippen molar-refractivity contribution in [2.45, 2.75) is 77.0 Å². The fourth-order valence-electron chi connectivity index (χ4n) is 3.09. The quantitative estimate of drug-likeness (QED) is 0.617. The van der Waals surface area contributed by atoms with Gasteiger partial charge >= 0.3 is 0 Å². The maximum Gasteiger partial charge on any atom is 0.162 e. The van der Waals surface area contributed by atoms with Crippen molar-refractivity contribution in [3.8, 4) is 11.8 Å². The molecule has 2 rings (SSSR count). The van der Waals surface area contributed by atoms with E-state index >= 15 is 0 Å². The molecule has 0 radical (unpaired) electrons. The zero-order valence-corrected chi connectivity index (χ0v) is 17.1. The average molecular weight is 375 g/mol. The first-order chi connectivity index (χ1) is 12.9. The molecule has 1 heterocycles. The van der Waals surface area contributed by atoms with E-state index in [-0.39, 0.29) is 0 Å². The van der Waals surface area contributed by atoms with Crippen LogP contribution in [0.5, 0.6) is 5.75 Å². The highest BCUT2D eigenvalue weighted by atomic mass is 16.7. The zero-order valence-electron chi connectivity index (χ0n) is 17.1. The molecular formula is C22H34N2O3. The van der Waals surface area contributed by atoms with Crippen molar-refractivity contribution in [2.24, 2.45) is 5.73 Å². The molecule has 0 aliphatic carbocycles. The van der Waals surface area contributed by atoms with Gasteiger partial charge in [-0.05, 0) is 50.8 Å². The van der Waals surface area contributed by atoms with Crippen molar-refractivity contribution in [1.82, 2.24) is 0 Å². The van der Waals surface area contributed by atoms with Crippen LogP contribution >= 0.6 is 0 Å². The Morgan fingerprint density at radius 1 is 1.15 bits per heavy atom. The van der Waals surface area contributed by atoms with Gasteiger partial charge in [0.15, 0.2) is 5.79 Å². The minimum absolute atomic E-state index is 0.477. The van der Waals surface area contributed by atoms with E-state index in [0.29, 0.717) is 31.1 Å². The lowest BCUT2D eigenvalue weighted by molar-refractivity contribution is -0.267. The van der Waals surface area contributed by atoms with Gasteiger partial charge in [-0.25, -0.2) is 0 Å². The SMILES string of the molecule is CCCCCCCOc1ccc(CCC2(N)COC(C)(C)OC2)cc1C#N. The van der Waals surface area contributed by atoms with E-state index in [1.54, 1.807) is 0 Å². The van der Waals surface area contributed by atoms with E-state index in [2.05, 4.69) is 13.0 Å². The largest absolute Gasteiger partial charge is 0.492 e. The van der Waals surface area contributed by atoms with Gasteiger partial charge in [-0.15, -0.1) is 0 Å². The molecule has 0 amide bonds. The molecule has 2 N–H and O–H groups in total. The number of hydrogen-bond donors (Lipinski definition) is 1. The Balaban J connectivity index is 1.84. The van der Waals surface area contributed by atoms with Crippen molar-refractivity contribution in [3.63, 3.8) is 0 Å². The first-order valence-electron chi connectivity index (χ1n) is 10.1. The van der Waals surface area contributed by atoms with Crippen LogP contribution in [0.25, 0.3) is 0 Å². The van der Waals surface area contributed by atoms with Crippen molar-refractivity contribution in [3.05, 3.63) is 29.3 Å². The number of nitrogens with two attached hydrogens (primary N) is 1. The first kappa shape index (κ1) is 21.7. The molecule has 1 aliphatic heterocycles. The molecule has 0 atom stereocenters. The van der Waals surface area contributed by atoms with Crippen LogP contribution in [0.3, 0.4) is 0 Å². The van der Waals surface area contributed by atoms with Gasteiger partial charge in [0, 0.05) is 0 Å². The van der Waals surface area contributed by atoms with Gasteiger partial charge in [0.2, 0.25) is 0 Å². The smallest absolute Gasteiger partial charge is 0.162 e. The number of rotatable bonds is 10. The number of benzene rings is 1. The molecule has 0 unspecified atom stereocenters. The van der Waals surface area contributed by atoms with Gasteiger partial charge in [-0.2, -0.15) is 5.26 Å². The summed E-state index contributed by atoms with van der Waals surface area (Å²) in [6, 6.07) is 8.08. The van der Waals surface area contributed by atoms with Crippen LogP contribution in [-0.4, -0.2) is 31.1 Å². The highest BCUT2D eigenvalue weighted by Gasteiger charge is 2.36. The first-order valence-corrected chi connectivity index (χ1v) is 10.1. The second-order valence-corrected chi connectivity index (χ2v) is 8.04. The molecule has 27 heavy (non-hydrogen) atoms. The second kappa shape index (κ2) is 10.1. The number of nitriles is 1. The second-order valence-electron chi connectivity index (χ2n) is 8.04. The maximum atomic E-state index is 9.45. The number of ether oxygens (including phenoxy) is 3. The van der Waals surface area contributed by atoms with Crippen molar-refractivity contribution in [2.75, 3.05) is 19.8 Å². The van der Waals surface area contributed by atoms with Crippen LogP contribution in [0, 0.1) is 11.3 Å². The summed E-state index contributed by atoms with van der Waals surface area (Å²) < 4.78 is 17.2. The third kappa shape index (κ3) is 7.14. The Morgan fingerprint density at radius 2 is 1.85 bits per heavy atom. The fourth-order valence-corrected chi connectivity index (χ4v) is 3.09. The van der Waals surface area contributed by atoms with E-state index in [1.807, 2.05) is 32.0 Å². The summed E-state index contributed by atoms with van der Waals surface area (Å²) in [5.41, 5.74) is 7.58. The van der Waals surface area contributed by atoms with E-state index in [9.17, 15) is 5.26 Å². The van der Waals surface area contributed by atoms with Crippen LogP contribution in [0.4, 0.5) is 0 Å². The standard InChI is InChI=1S/C22H34N2O3/c1-4-5-6-7-8-13-25-20-10-9-18(14-19(20)15-23)11-12-22(24)16-26-21(2,3)27-17-22/h9-10,14H,4-8,11-13,16-17,24H2,1-3H3. The zero-order chi connectivity index (χ0) is 19.8. The van der Waals surface area contributed by atoms with E-state index in [1.165, 1.54) is 25.7 Å². The van der Waals surface area contributed by atoms with Gasteiger partial charge in [0.25, 0.3) is 0 Å². The van der Waals surface area contributed by atoms with E-state index in [0.717, 1.165) is 24.8 Å². The van der Waals surface area contributed by atoms with E-state index in [4.69, 9.17) is 19.9 Å². The summed E-state index contributed by atoms with van der Waals surface area (Å²) in [5.74, 6) is 0.108. The predicted molar refractivity (Wildman–Crippen MR) is 107 cm³/mol. The van der Waals surface area contributed by atoms with E-state index < -0.39 is 11.3 Å². The van der Waals surface area contributed by atoms with Gasteiger partial charge in [0.1, 0.15) is 11.8 Å². The highest BCUT2D eigenvalue weighted by molar-refractivity contribution is 5.45. The Labute approximate surface area is 163 Å². The molecule has 1 aromatic rings. The number of hydrogen-bond acceptors (Lipinski definition) is 5. The Morgan fingerprint density at radius 3 is 2.52 bits per heavy atom. The predicted octanol–water partition coefficient (Wildman–Crippen LogP) is 4.32. The fraction of sp³-hybridized carbons (Fsp3) is 0.682. The average Bonchev–Trinajstić information content (AvgIpc) is 2.66. The summed E-state index contributed by atoms with van der Waals surface area (Å²) in [7, 11) is 0. The van der Waals surface area contributed by atoms with Crippen LogP contribution in [0.1, 0.15) is 70.4 Å². The van der Waals surface area contributed by atoms with Crippen LogP contribution in [0.15, 0.2) is 18.2 Å². The molecule has 150 valence electrons. The number of nitrogens with zero attached hydrogens (tertiary/aromatic N) is 1. The highest BCUT2D eigenvalue weighted by Crippen LogP contribution is 2.26. The van der Waals surface area contributed by atoms with Crippen LogP contribution in [-0.2, 0) is 15.9 Å². The van der Waals surface area contributed by atoms with Crippen LogP contribution in [0.2, 0.25) is 0 Å². The van der Waals surface area contributed by atoms with Crippen molar-refractivity contribution >= 4 is 0 Å². The number of unbranched alkanes of at least 4 members (excludes halogenated alkanes) is 4. The lowest BCUT2D eigenvalue weighted by Gasteiger charge is -2.41. The third-order valence-corrected chi connectivity index (χ3v) is 5.00. The molecule has 1 aliphatic rings. The summed E-state index contributed by atoms with van der Waals surface area (Å²) in [5, 5.41) is 9.45. The molecule has 0 bridgehead atoms. The van der Waals surface area contributed by atoms with Gasteiger partial charge in [0.05, 0.1) is 30.9 Å². The molecular weight excluding hydrogens is 340 g/mol. The summed E-state index contributed by atoms with van der Waals surface area (Å²) in [6.45, 7) is 7.62. The minimum Gasteiger partial charge on any atom is -0.492 e. The summed E-state index contributed by atoms with van der Waals surface area (Å²) in [4.78, 5) is 0. The van der Waals surface area contributed by atoms with Gasteiger partial charge < -0.3 is 19.9 Å². The molecule has 5 heteroatoms. The molecule has 1 saturated heterocycles. The Bertz CT molecular complexity index is 627. The summed E-state index contributed by atoms with van der Waals surface area (Å²) in [6.07, 6.45) is 7.47. The molecule has 1 fully saturated rings. The third-order valence-electron chi connectivity index (χ3n) is 5.00. The van der Waals surface area contributed by atoms with Gasteiger partial charge in [-0.3, -0.25) is 0 Å². The molecule has 1 aromatic carbocycles. The van der Waals surface area contributed by atoms with Crippen molar-refractivity contribution < 1.29 is 14.2 Å². The lowest BCUT2D eigenvalue weighted by atomic mass is 9.92. The van der Waals surface area contributed by atoms with Crippen LogP contribution < -0.4 is 10.5 Å². The minimum atomic E-state index is -0.563. The van der Waals surface area contributed by atoms with Crippen molar-refractivity contribution in [1.29, 1.82) is 5.26 Å². The molecule has 0 aromatic heterocycles. The van der Waals surface area contributed by atoms with Gasteiger partial charge in [-0.1, -0.05) is 38.7 Å². The topological polar surface area (TPSA) is 77.5 Å². The normalized spacial score (nSPS) is 18.0. The number of aryl methyl sites for hydroxylation is 1. The Hall–Kier alpha value is -1.61. The Kier molecular flexibility index (Phi) is 8.09. The molecule has 0 spiro atoms. The summed E-state index contributed by atoms with van der Waals surface area (Å²) >= 11 is 0. The molecule has 5 nitrogen and oxygen atoms in total. The monoisotopic (exact) mass is 374 g/mol. The maximum absolute atomic E-state index is 9.45.